The molecule has 2 rings (SSSR count). The zero-order chi connectivity index (χ0) is 22.3. The van der Waals surface area contributed by atoms with Gasteiger partial charge in [0.2, 0.25) is 0 Å². The van der Waals surface area contributed by atoms with Crippen LogP contribution in [0.2, 0.25) is 10.0 Å². The van der Waals surface area contributed by atoms with E-state index in [9.17, 15) is 10.2 Å². The maximum atomic E-state index is 10.2. The fourth-order valence-electron chi connectivity index (χ4n) is 3.13. The van der Waals surface area contributed by atoms with Gasteiger partial charge in [0.05, 0.1) is 32.5 Å². The first-order chi connectivity index (χ1) is 15.1. The monoisotopic (exact) mass is 469 g/mol. The van der Waals surface area contributed by atoms with Crippen molar-refractivity contribution in [3.63, 3.8) is 0 Å². The standard InChI is InChI=1S/C24H33Cl2NO4/c25-22-9-6-10-23(26)21(22)18-31-14-13-30-12-4-2-1-3-11-27-16-24(29)20-8-5-7-19(15-20)17-28/h5-10,15,24,27-29H,1-4,11-14,16-18H2/t24-/m0/s1. The second kappa shape index (κ2) is 15.6. The molecule has 5 nitrogen and oxygen atoms in total. The van der Waals surface area contributed by atoms with Crippen LogP contribution in [-0.4, -0.2) is 43.1 Å². The zero-order valence-corrected chi connectivity index (χ0v) is 19.4. The second-order valence-corrected chi connectivity index (χ2v) is 8.22. The van der Waals surface area contributed by atoms with Crippen LogP contribution in [0.1, 0.15) is 48.5 Å². The Labute approximate surface area is 195 Å². The average Bonchev–Trinajstić information content (AvgIpc) is 2.78. The first kappa shape index (κ1) is 26.1. The van der Waals surface area contributed by atoms with Crippen LogP contribution in [0.3, 0.4) is 0 Å². The molecule has 0 spiro atoms. The van der Waals surface area contributed by atoms with Gasteiger partial charge in [0.1, 0.15) is 0 Å². The molecule has 7 heteroatoms. The lowest BCUT2D eigenvalue weighted by Crippen LogP contribution is -2.22. The van der Waals surface area contributed by atoms with E-state index >= 15 is 0 Å². The molecular formula is C24H33Cl2NO4. The molecule has 0 aliphatic carbocycles. The van der Waals surface area contributed by atoms with E-state index in [0.29, 0.717) is 36.4 Å². The molecule has 3 N–H and O–H groups in total. The van der Waals surface area contributed by atoms with Gasteiger partial charge in [0.15, 0.2) is 0 Å². The summed E-state index contributed by atoms with van der Waals surface area (Å²) in [5.41, 5.74) is 2.45. The minimum Gasteiger partial charge on any atom is -0.392 e. The van der Waals surface area contributed by atoms with Gasteiger partial charge < -0.3 is 25.0 Å². The smallest absolute Gasteiger partial charge is 0.0914 e. The van der Waals surface area contributed by atoms with Crippen molar-refractivity contribution in [1.82, 2.24) is 5.32 Å². The van der Waals surface area contributed by atoms with Crippen LogP contribution in [-0.2, 0) is 22.7 Å². The van der Waals surface area contributed by atoms with E-state index in [0.717, 1.165) is 55.5 Å². The third-order valence-corrected chi connectivity index (χ3v) is 5.64. The molecule has 0 aliphatic rings. The highest BCUT2D eigenvalue weighted by atomic mass is 35.5. The Hall–Kier alpha value is -1.18. The number of unbranched alkanes of at least 4 members (excludes halogenated alkanes) is 3. The van der Waals surface area contributed by atoms with Gasteiger partial charge in [0.25, 0.3) is 0 Å². The highest BCUT2D eigenvalue weighted by molar-refractivity contribution is 6.35. The Morgan fingerprint density at radius 3 is 2.35 bits per heavy atom. The molecule has 31 heavy (non-hydrogen) atoms. The SMILES string of the molecule is OCc1cccc([C@@H](O)CNCCCCCCOCCOCc2c(Cl)cccc2Cl)c1. The van der Waals surface area contributed by atoms with E-state index in [1.807, 2.05) is 30.3 Å². The Balaban J connectivity index is 1.39. The minimum atomic E-state index is -0.559. The van der Waals surface area contributed by atoms with Crippen LogP contribution >= 0.6 is 23.2 Å². The molecule has 0 fully saturated rings. The maximum absolute atomic E-state index is 10.2. The number of nitrogens with one attached hydrogen (secondary N) is 1. The molecule has 0 radical (unpaired) electrons. The van der Waals surface area contributed by atoms with Crippen LogP contribution in [0.5, 0.6) is 0 Å². The summed E-state index contributed by atoms with van der Waals surface area (Å²) < 4.78 is 11.2. The third kappa shape index (κ3) is 10.3. The topological polar surface area (TPSA) is 71.0 Å². The van der Waals surface area contributed by atoms with Gasteiger partial charge in [-0.3, -0.25) is 0 Å². The average molecular weight is 470 g/mol. The fraction of sp³-hybridized carbons (Fsp3) is 0.500. The molecule has 0 aromatic heterocycles. The second-order valence-electron chi connectivity index (χ2n) is 7.40. The lowest BCUT2D eigenvalue weighted by molar-refractivity contribution is 0.0393. The molecule has 172 valence electrons. The Morgan fingerprint density at radius 1 is 0.871 bits per heavy atom. The molecule has 1 atom stereocenters. The van der Waals surface area contributed by atoms with Gasteiger partial charge in [-0.2, -0.15) is 0 Å². The molecule has 0 heterocycles. The van der Waals surface area contributed by atoms with Gasteiger partial charge in [-0.05, 0) is 42.6 Å². The maximum Gasteiger partial charge on any atom is 0.0914 e. The number of hydrogen-bond donors (Lipinski definition) is 3. The molecule has 0 aliphatic heterocycles. The minimum absolute atomic E-state index is 0.0117. The van der Waals surface area contributed by atoms with Crippen LogP contribution in [0, 0.1) is 0 Å². The molecule has 0 saturated heterocycles. The van der Waals surface area contributed by atoms with Crippen molar-refractivity contribution in [3.8, 4) is 0 Å². The predicted molar refractivity (Wildman–Crippen MR) is 126 cm³/mol. The summed E-state index contributed by atoms with van der Waals surface area (Å²) in [6, 6.07) is 12.8. The van der Waals surface area contributed by atoms with Gasteiger partial charge in [-0.1, -0.05) is 66.4 Å². The first-order valence-corrected chi connectivity index (χ1v) is 11.5. The zero-order valence-electron chi connectivity index (χ0n) is 17.9. The van der Waals surface area contributed by atoms with E-state index < -0.39 is 6.10 Å². The number of ether oxygens (including phenoxy) is 2. The molecular weight excluding hydrogens is 437 g/mol. The largest absolute Gasteiger partial charge is 0.392 e. The summed E-state index contributed by atoms with van der Waals surface area (Å²) in [5.74, 6) is 0. The van der Waals surface area contributed by atoms with Crippen molar-refractivity contribution in [2.45, 2.75) is 45.0 Å². The van der Waals surface area contributed by atoms with Gasteiger partial charge in [-0.25, -0.2) is 0 Å². The van der Waals surface area contributed by atoms with Crippen molar-refractivity contribution in [1.29, 1.82) is 0 Å². The Bertz CT molecular complexity index is 740. The quantitative estimate of drug-likeness (QED) is 0.305. The van der Waals surface area contributed by atoms with E-state index in [2.05, 4.69) is 5.32 Å². The van der Waals surface area contributed by atoms with Crippen LogP contribution in [0.4, 0.5) is 0 Å². The Morgan fingerprint density at radius 2 is 1.58 bits per heavy atom. The molecule has 2 aromatic carbocycles. The number of halogens is 2. The number of benzene rings is 2. The van der Waals surface area contributed by atoms with Crippen molar-refractivity contribution >= 4 is 23.2 Å². The molecule has 0 amide bonds. The highest BCUT2D eigenvalue weighted by Gasteiger charge is 2.07. The van der Waals surface area contributed by atoms with Crippen molar-refractivity contribution in [2.75, 3.05) is 32.9 Å². The van der Waals surface area contributed by atoms with E-state index in [-0.39, 0.29) is 6.61 Å². The van der Waals surface area contributed by atoms with E-state index in [1.165, 1.54) is 0 Å². The molecule has 0 unspecified atom stereocenters. The van der Waals surface area contributed by atoms with Crippen molar-refractivity contribution in [2.24, 2.45) is 0 Å². The van der Waals surface area contributed by atoms with E-state index in [4.69, 9.17) is 32.7 Å². The first-order valence-electron chi connectivity index (χ1n) is 10.8. The van der Waals surface area contributed by atoms with Crippen molar-refractivity contribution in [3.05, 3.63) is 69.2 Å². The summed E-state index contributed by atoms with van der Waals surface area (Å²) in [5, 5.41) is 23.9. The highest BCUT2D eigenvalue weighted by Crippen LogP contribution is 2.24. The molecule has 2 aromatic rings. The fourth-order valence-corrected chi connectivity index (χ4v) is 3.63. The number of aliphatic hydroxyl groups excluding tert-OH is 2. The predicted octanol–water partition coefficient (Wildman–Crippen LogP) is 4.90. The van der Waals surface area contributed by atoms with Crippen LogP contribution in [0.15, 0.2) is 42.5 Å². The van der Waals surface area contributed by atoms with Gasteiger partial charge in [-0.15, -0.1) is 0 Å². The Kier molecular flexibility index (Phi) is 13.1. The molecule has 0 bridgehead atoms. The summed E-state index contributed by atoms with van der Waals surface area (Å²) in [6.07, 6.45) is 3.75. The lowest BCUT2D eigenvalue weighted by atomic mass is 10.1. The van der Waals surface area contributed by atoms with Crippen LogP contribution < -0.4 is 5.32 Å². The summed E-state index contributed by atoms with van der Waals surface area (Å²) in [7, 11) is 0. The van der Waals surface area contributed by atoms with Crippen LogP contribution in [0.25, 0.3) is 0 Å². The van der Waals surface area contributed by atoms with E-state index in [1.54, 1.807) is 12.1 Å². The third-order valence-electron chi connectivity index (χ3n) is 4.93. The summed E-state index contributed by atoms with van der Waals surface area (Å²) >= 11 is 12.2. The molecule has 0 saturated carbocycles. The summed E-state index contributed by atoms with van der Waals surface area (Å²) in [4.78, 5) is 0. The summed E-state index contributed by atoms with van der Waals surface area (Å²) in [6.45, 7) is 3.55. The normalized spacial score (nSPS) is 12.3. The van der Waals surface area contributed by atoms with Gasteiger partial charge >= 0.3 is 0 Å². The number of hydrogen-bond acceptors (Lipinski definition) is 5. The number of rotatable bonds is 16. The van der Waals surface area contributed by atoms with Crippen molar-refractivity contribution < 1.29 is 19.7 Å². The lowest BCUT2D eigenvalue weighted by Gasteiger charge is -2.13. The van der Waals surface area contributed by atoms with Gasteiger partial charge in [0, 0.05) is 28.8 Å². The number of aliphatic hydroxyl groups is 2.